The van der Waals surface area contributed by atoms with Crippen molar-refractivity contribution in [2.24, 2.45) is 0 Å². The third-order valence-electron chi connectivity index (χ3n) is 5.46. The predicted octanol–water partition coefficient (Wildman–Crippen LogP) is 4.34. The van der Waals surface area contributed by atoms with Crippen LogP contribution in [-0.4, -0.2) is 30.1 Å². The number of aromatic amines is 1. The summed E-state index contributed by atoms with van der Waals surface area (Å²) in [5.41, 5.74) is 4.60. The van der Waals surface area contributed by atoms with Crippen molar-refractivity contribution in [3.63, 3.8) is 0 Å². The molecule has 1 aliphatic rings. The number of anilines is 2. The van der Waals surface area contributed by atoms with Gasteiger partial charge in [-0.2, -0.15) is 0 Å². The van der Waals surface area contributed by atoms with Crippen LogP contribution in [0.4, 0.5) is 11.4 Å². The van der Waals surface area contributed by atoms with Crippen molar-refractivity contribution in [3.8, 4) is 0 Å². The van der Waals surface area contributed by atoms with E-state index in [1.54, 1.807) is 6.26 Å². The molecule has 1 unspecified atom stereocenters. The molecule has 5 heteroatoms. The van der Waals surface area contributed by atoms with Crippen molar-refractivity contribution in [1.82, 2.24) is 4.98 Å². The summed E-state index contributed by atoms with van der Waals surface area (Å²) in [6.45, 7) is 3.55. The highest BCUT2D eigenvalue weighted by Crippen LogP contribution is 2.36. The Bertz CT molecular complexity index is 1180. The molecular formula is C22H19N3O2. The van der Waals surface area contributed by atoms with Crippen LogP contribution in [0.3, 0.4) is 0 Å². The number of carbonyl (C=O) groups excluding carboxylic acids is 1. The molecule has 1 saturated heterocycles. The number of rotatable bonds is 2. The van der Waals surface area contributed by atoms with Crippen LogP contribution >= 0.6 is 0 Å². The van der Waals surface area contributed by atoms with Crippen LogP contribution in [0.15, 0.2) is 71.1 Å². The average molecular weight is 357 g/mol. The van der Waals surface area contributed by atoms with E-state index in [2.05, 4.69) is 40.9 Å². The monoisotopic (exact) mass is 357 g/mol. The van der Waals surface area contributed by atoms with E-state index in [1.807, 2.05) is 41.4 Å². The van der Waals surface area contributed by atoms with Gasteiger partial charge in [-0.25, -0.2) is 4.79 Å². The third-order valence-corrected chi connectivity index (χ3v) is 5.46. The molecule has 1 atom stereocenters. The molecule has 1 N–H and O–H groups in total. The van der Waals surface area contributed by atoms with Crippen LogP contribution in [0.25, 0.3) is 21.9 Å². The number of para-hydroxylation sites is 1. The van der Waals surface area contributed by atoms with E-state index in [0.717, 1.165) is 39.8 Å². The largest absolute Gasteiger partial charge is 0.462 e. The van der Waals surface area contributed by atoms with Gasteiger partial charge >= 0.3 is 0 Å². The fourth-order valence-corrected chi connectivity index (χ4v) is 4.11. The molecule has 4 aromatic rings. The maximum atomic E-state index is 11.9. The summed E-state index contributed by atoms with van der Waals surface area (Å²) in [4.78, 5) is 19.5. The van der Waals surface area contributed by atoms with Gasteiger partial charge in [0.2, 0.25) is 0 Å². The standard InChI is InChI=1S/C22H19N3O2/c1-15-20(13-26)25(21-14-27-22-8-3-2-5-17(21)22)12-11-24(15)19-7-4-6-18-16(19)9-10-23-18/h2-10,14-15,23H,11-12H2,1H3. The van der Waals surface area contributed by atoms with Gasteiger partial charge in [0, 0.05) is 41.3 Å². The normalized spacial score (nSPS) is 17.7. The molecule has 1 fully saturated rings. The van der Waals surface area contributed by atoms with Gasteiger partial charge in [-0.3, -0.25) is 0 Å². The van der Waals surface area contributed by atoms with Gasteiger partial charge in [0.05, 0.1) is 11.7 Å². The van der Waals surface area contributed by atoms with Gasteiger partial charge in [-0.05, 0) is 37.3 Å². The number of aromatic nitrogens is 1. The van der Waals surface area contributed by atoms with E-state index in [1.165, 1.54) is 0 Å². The minimum Gasteiger partial charge on any atom is -0.462 e. The van der Waals surface area contributed by atoms with Gasteiger partial charge in [-0.1, -0.05) is 18.2 Å². The van der Waals surface area contributed by atoms with Crippen LogP contribution in [0.5, 0.6) is 0 Å². The van der Waals surface area contributed by atoms with Gasteiger partial charge in [-0.15, -0.1) is 0 Å². The summed E-state index contributed by atoms with van der Waals surface area (Å²) >= 11 is 0. The molecule has 0 spiro atoms. The molecule has 2 aromatic carbocycles. The molecule has 0 bridgehead atoms. The summed E-state index contributed by atoms with van der Waals surface area (Å²) in [7, 11) is 0. The lowest BCUT2D eigenvalue weighted by atomic mass is 10.1. The maximum Gasteiger partial charge on any atom is 0.148 e. The van der Waals surface area contributed by atoms with Crippen molar-refractivity contribution in [2.75, 3.05) is 22.9 Å². The van der Waals surface area contributed by atoms with Crippen LogP contribution < -0.4 is 9.80 Å². The predicted molar refractivity (Wildman–Crippen MR) is 108 cm³/mol. The third kappa shape index (κ3) is 2.36. The van der Waals surface area contributed by atoms with Crippen molar-refractivity contribution in [3.05, 3.63) is 66.7 Å². The van der Waals surface area contributed by atoms with E-state index in [4.69, 9.17) is 4.42 Å². The zero-order chi connectivity index (χ0) is 18.4. The molecule has 0 aliphatic carbocycles. The van der Waals surface area contributed by atoms with Crippen LogP contribution in [0, 0.1) is 0 Å². The zero-order valence-electron chi connectivity index (χ0n) is 15.0. The Morgan fingerprint density at radius 1 is 1.04 bits per heavy atom. The van der Waals surface area contributed by atoms with Crippen molar-refractivity contribution >= 4 is 39.2 Å². The molecule has 0 radical (unpaired) electrons. The molecule has 3 heterocycles. The Hall–Kier alpha value is -3.43. The smallest absolute Gasteiger partial charge is 0.148 e. The first-order chi connectivity index (χ1) is 13.3. The number of nitrogens with zero attached hydrogens (tertiary/aromatic N) is 2. The molecule has 2 aromatic heterocycles. The minimum atomic E-state index is -0.0922. The zero-order valence-corrected chi connectivity index (χ0v) is 15.0. The van der Waals surface area contributed by atoms with Gasteiger partial charge in [0.1, 0.15) is 23.5 Å². The quantitative estimate of drug-likeness (QED) is 0.542. The van der Waals surface area contributed by atoms with E-state index in [0.29, 0.717) is 12.2 Å². The highest BCUT2D eigenvalue weighted by Gasteiger charge is 2.32. The molecule has 5 nitrogen and oxygen atoms in total. The number of hydrogen-bond acceptors (Lipinski definition) is 4. The Morgan fingerprint density at radius 3 is 2.81 bits per heavy atom. The molecule has 134 valence electrons. The molecule has 1 aliphatic heterocycles. The summed E-state index contributed by atoms with van der Waals surface area (Å²) in [6, 6.07) is 16.1. The topological polar surface area (TPSA) is 52.5 Å². The van der Waals surface area contributed by atoms with Crippen LogP contribution in [0.2, 0.25) is 0 Å². The Balaban J connectivity index is 1.55. The lowest BCUT2D eigenvalue weighted by Gasteiger charge is -2.42. The maximum absolute atomic E-state index is 11.9. The first kappa shape index (κ1) is 15.8. The first-order valence-electron chi connectivity index (χ1n) is 9.09. The molecule has 0 saturated carbocycles. The van der Waals surface area contributed by atoms with Crippen molar-refractivity contribution in [2.45, 2.75) is 13.0 Å². The second-order valence-corrected chi connectivity index (χ2v) is 6.84. The first-order valence-corrected chi connectivity index (χ1v) is 9.09. The van der Waals surface area contributed by atoms with Crippen LogP contribution in [0.1, 0.15) is 6.92 Å². The summed E-state index contributed by atoms with van der Waals surface area (Å²) in [6.07, 6.45) is 3.68. The van der Waals surface area contributed by atoms with E-state index < -0.39 is 0 Å². The summed E-state index contributed by atoms with van der Waals surface area (Å²) in [5.74, 6) is 2.20. The molecule has 5 rings (SSSR count). The number of piperazine rings is 1. The fourth-order valence-electron chi connectivity index (χ4n) is 4.11. The van der Waals surface area contributed by atoms with Crippen molar-refractivity contribution < 1.29 is 9.21 Å². The number of fused-ring (bicyclic) bond motifs is 2. The highest BCUT2D eigenvalue weighted by atomic mass is 16.3. The highest BCUT2D eigenvalue weighted by molar-refractivity contribution is 5.95. The number of hydrogen-bond donors (Lipinski definition) is 1. The molecular weight excluding hydrogens is 338 g/mol. The second-order valence-electron chi connectivity index (χ2n) is 6.84. The van der Waals surface area contributed by atoms with Gasteiger partial charge in [0.25, 0.3) is 0 Å². The Morgan fingerprint density at radius 2 is 1.93 bits per heavy atom. The number of H-pyrrole nitrogens is 1. The van der Waals surface area contributed by atoms with E-state index >= 15 is 0 Å². The fraction of sp³-hybridized carbons (Fsp3) is 0.182. The second kappa shape index (κ2) is 6.08. The molecule has 0 amide bonds. The van der Waals surface area contributed by atoms with Gasteiger partial charge in [0.15, 0.2) is 0 Å². The lowest BCUT2D eigenvalue weighted by molar-refractivity contribution is 0.554. The van der Waals surface area contributed by atoms with Crippen LogP contribution in [-0.2, 0) is 4.79 Å². The minimum absolute atomic E-state index is 0.0922. The summed E-state index contributed by atoms with van der Waals surface area (Å²) < 4.78 is 5.69. The number of benzene rings is 2. The van der Waals surface area contributed by atoms with Crippen molar-refractivity contribution in [1.29, 1.82) is 0 Å². The van der Waals surface area contributed by atoms with E-state index in [9.17, 15) is 4.79 Å². The number of furan rings is 1. The average Bonchev–Trinajstić information content (AvgIpc) is 3.34. The Kier molecular flexibility index (Phi) is 3.56. The SMILES string of the molecule is CC1C(=C=O)N(c2coc3ccccc23)CCN1c1cccc2[nH]ccc12. The summed E-state index contributed by atoms with van der Waals surface area (Å²) in [5, 5.41) is 2.18. The Labute approximate surface area is 156 Å². The molecule has 27 heavy (non-hydrogen) atoms. The van der Waals surface area contributed by atoms with Gasteiger partial charge < -0.3 is 19.2 Å². The lowest BCUT2D eigenvalue weighted by Crippen LogP contribution is -2.50. The van der Waals surface area contributed by atoms with E-state index in [-0.39, 0.29) is 6.04 Å². The number of nitrogens with one attached hydrogen (secondary N) is 1.